The van der Waals surface area contributed by atoms with Crippen molar-refractivity contribution in [1.29, 1.82) is 0 Å². The maximum atomic E-state index is 12.4. The quantitative estimate of drug-likeness (QED) is 0.358. The number of nitrogens with zero attached hydrogens (tertiary/aromatic N) is 3. The Morgan fingerprint density at radius 2 is 1.79 bits per heavy atom. The third-order valence-electron chi connectivity index (χ3n) is 5.87. The van der Waals surface area contributed by atoms with Gasteiger partial charge in [-0.2, -0.15) is 0 Å². The molecule has 0 saturated heterocycles. The van der Waals surface area contributed by atoms with Crippen molar-refractivity contribution in [2.45, 2.75) is 25.7 Å². The Hall–Kier alpha value is -4.00. The molecule has 0 bridgehead atoms. The van der Waals surface area contributed by atoms with Crippen molar-refractivity contribution < 1.29 is 14.7 Å². The molecular formula is C26H24N4O3. The van der Waals surface area contributed by atoms with E-state index >= 15 is 0 Å². The lowest BCUT2D eigenvalue weighted by atomic mass is 10.0. The van der Waals surface area contributed by atoms with Gasteiger partial charge >= 0.3 is 5.97 Å². The standard InChI is InChI=1S/C26H24N4O3/c31-23(14-17-6-7-17)20-10-8-19(9-11-20)22-15-28-26-25(27-13-12-24(32)33)29-21(16-30(22)26)18-4-2-1-3-5-18/h1-5,8-11,15-17H,6-7,12-14H2,(H,27,29)(H,32,33). The normalized spacial score (nSPS) is 13.2. The monoisotopic (exact) mass is 440 g/mol. The van der Waals surface area contributed by atoms with Gasteiger partial charge in [-0.3, -0.25) is 14.0 Å². The van der Waals surface area contributed by atoms with Crippen LogP contribution in [-0.4, -0.2) is 37.8 Å². The van der Waals surface area contributed by atoms with Crippen molar-refractivity contribution in [3.63, 3.8) is 0 Å². The molecule has 0 radical (unpaired) electrons. The van der Waals surface area contributed by atoms with Crippen LogP contribution in [0.25, 0.3) is 28.2 Å². The Morgan fingerprint density at radius 3 is 2.48 bits per heavy atom. The highest BCUT2D eigenvalue weighted by atomic mass is 16.4. The topological polar surface area (TPSA) is 96.6 Å². The number of carbonyl (C=O) groups excluding carboxylic acids is 1. The summed E-state index contributed by atoms with van der Waals surface area (Å²) >= 11 is 0. The van der Waals surface area contributed by atoms with E-state index in [1.807, 2.05) is 65.2 Å². The van der Waals surface area contributed by atoms with Crippen molar-refractivity contribution in [3.8, 4) is 22.5 Å². The van der Waals surface area contributed by atoms with Crippen LogP contribution in [-0.2, 0) is 4.79 Å². The Kier molecular flexibility index (Phi) is 5.60. The molecule has 1 saturated carbocycles. The first kappa shape index (κ1) is 20.9. The van der Waals surface area contributed by atoms with Crippen LogP contribution in [0.2, 0.25) is 0 Å². The van der Waals surface area contributed by atoms with E-state index in [-0.39, 0.29) is 18.7 Å². The first-order chi connectivity index (χ1) is 16.1. The Labute approximate surface area is 191 Å². The molecule has 1 fully saturated rings. The number of ketones is 1. The highest BCUT2D eigenvalue weighted by Gasteiger charge is 2.25. The molecule has 7 nitrogen and oxygen atoms in total. The molecule has 0 amide bonds. The lowest BCUT2D eigenvalue weighted by Crippen LogP contribution is -2.10. The summed E-state index contributed by atoms with van der Waals surface area (Å²) in [6, 6.07) is 17.5. The Balaban J connectivity index is 1.52. The van der Waals surface area contributed by atoms with E-state index in [2.05, 4.69) is 10.3 Å². The number of hydrogen-bond acceptors (Lipinski definition) is 5. The molecule has 33 heavy (non-hydrogen) atoms. The maximum absolute atomic E-state index is 12.4. The van der Waals surface area contributed by atoms with Gasteiger partial charge in [-0.05, 0) is 18.8 Å². The van der Waals surface area contributed by atoms with Crippen LogP contribution in [0.1, 0.15) is 36.0 Å². The number of aromatic nitrogens is 3. The molecule has 5 rings (SSSR count). The third-order valence-corrected chi connectivity index (χ3v) is 5.87. The summed E-state index contributed by atoms with van der Waals surface area (Å²) in [5.41, 5.74) is 4.85. The second-order valence-corrected chi connectivity index (χ2v) is 8.40. The minimum absolute atomic E-state index is 0.0205. The molecule has 166 valence electrons. The third kappa shape index (κ3) is 4.62. The average molecular weight is 441 g/mol. The van der Waals surface area contributed by atoms with Crippen molar-refractivity contribution in [1.82, 2.24) is 14.4 Å². The summed E-state index contributed by atoms with van der Waals surface area (Å²) in [5, 5.41) is 12.1. The number of hydrogen-bond donors (Lipinski definition) is 2. The van der Waals surface area contributed by atoms with E-state index < -0.39 is 5.97 Å². The zero-order valence-electron chi connectivity index (χ0n) is 18.1. The van der Waals surface area contributed by atoms with Crippen LogP contribution in [0.4, 0.5) is 5.82 Å². The van der Waals surface area contributed by atoms with Crippen molar-refractivity contribution in [2.75, 3.05) is 11.9 Å². The molecule has 4 aromatic rings. The number of rotatable bonds is 9. The highest BCUT2D eigenvalue weighted by Crippen LogP contribution is 2.34. The van der Waals surface area contributed by atoms with Crippen LogP contribution < -0.4 is 5.32 Å². The molecule has 2 heterocycles. The zero-order chi connectivity index (χ0) is 22.8. The number of carbonyl (C=O) groups is 2. The van der Waals surface area contributed by atoms with Crippen LogP contribution in [0.5, 0.6) is 0 Å². The van der Waals surface area contributed by atoms with Gasteiger partial charge in [0.15, 0.2) is 17.2 Å². The van der Waals surface area contributed by atoms with E-state index in [0.717, 1.165) is 40.9 Å². The number of imidazole rings is 1. The van der Waals surface area contributed by atoms with Crippen molar-refractivity contribution in [3.05, 3.63) is 72.6 Å². The molecule has 7 heteroatoms. The number of carboxylic acids is 1. The molecular weight excluding hydrogens is 416 g/mol. The molecule has 0 unspecified atom stereocenters. The SMILES string of the molecule is O=C(O)CCNc1nc(-c2ccccc2)cn2c(-c3ccc(C(=O)CC4CC4)cc3)cnc12. The largest absolute Gasteiger partial charge is 0.481 e. The number of carboxylic acid groups (broad SMARTS) is 1. The van der Waals surface area contributed by atoms with Gasteiger partial charge in [0, 0.05) is 35.9 Å². The van der Waals surface area contributed by atoms with Gasteiger partial charge in [-0.1, -0.05) is 54.6 Å². The lowest BCUT2D eigenvalue weighted by Gasteiger charge is -2.11. The van der Waals surface area contributed by atoms with E-state index in [4.69, 9.17) is 10.1 Å². The first-order valence-corrected chi connectivity index (χ1v) is 11.1. The van der Waals surface area contributed by atoms with Gasteiger partial charge in [-0.15, -0.1) is 0 Å². The molecule has 2 aromatic heterocycles. The fourth-order valence-corrected chi connectivity index (χ4v) is 3.89. The zero-order valence-corrected chi connectivity index (χ0v) is 18.1. The highest BCUT2D eigenvalue weighted by molar-refractivity contribution is 5.96. The number of Topliss-reactive ketones (excluding diaryl/α,β-unsaturated/α-hetero) is 1. The number of fused-ring (bicyclic) bond motifs is 1. The smallest absolute Gasteiger partial charge is 0.305 e. The average Bonchev–Trinajstić information content (AvgIpc) is 3.54. The van der Waals surface area contributed by atoms with E-state index in [0.29, 0.717) is 23.8 Å². The van der Waals surface area contributed by atoms with Gasteiger partial charge in [0.05, 0.1) is 24.0 Å². The summed E-state index contributed by atoms with van der Waals surface area (Å²) < 4.78 is 1.96. The number of aliphatic carboxylic acids is 1. The summed E-state index contributed by atoms with van der Waals surface area (Å²) in [6.45, 7) is 0.246. The molecule has 2 aromatic carbocycles. The van der Waals surface area contributed by atoms with Crippen molar-refractivity contribution >= 4 is 23.2 Å². The minimum Gasteiger partial charge on any atom is -0.481 e. The lowest BCUT2D eigenvalue weighted by molar-refractivity contribution is -0.136. The fourth-order valence-electron chi connectivity index (χ4n) is 3.89. The van der Waals surface area contributed by atoms with Gasteiger partial charge in [0.25, 0.3) is 0 Å². The number of anilines is 1. The molecule has 1 aliphatic carbocycles. The predicted octanol–water partition coefficient (Wildman–Crippen LogP) is 4.93. The van der Waals surface area contributed by atoms with E-state index in [1.165, 1.54) is 0 Å². The molecule has 0 aliphatic heterocycles. The number of benzene rings is 2. The van der Waals surface area contributed by atoms with E-state index in [1.54, 1.807) is 6.20 Å². The van der Waals surface area contributed by atoms with Crippen LogP contribution in [0.3, 0.4) is 0 Å². The van der Waals surface area contributed by atoms with Crippen molar-refractivity contribution in [2.24, 2.45) is 5.92 Å². The van der Waals surface area contributed by atoms with E-state index in [9.17, 15) is 9.59 Å². The van der Waals surface area contributed by atoms with Gasteiger partial charge in [0.2, 0.25) is 0 Å². The molecule has 1 aliphatic rings. The first-order valence-electron chi connectivity index (χ1n) is 11.1. The molecule has 0 atom stereocenters. The second kappa shape index (κ2) is 8.86. The van der Waals surface area contributed by atoms with Gasteiger partial charge in [0.1, 0.15) is 0 Å². The number of nitrogens with one attached hydrogen (secondary N) is 1. The molecule has 0 spiro atoms. The summed E-state index contributed by atoms with van der Waals surface area (Å²) in [5.74, 6) is 0.410. The van der Waals surface area contributed by atoms with Crippen LogP contribution >= 0.6 is 0 Å². The minimum atomic E-state index is -0.877. The summed E-state index contributed by atoms with van der Waals surface area (Å²) in [4.78, 5) is 32.7. The fraction of sp³-hybridized carbons (Fsp3) is 0.231. The van der Waals surface area contributed by atoms with Crippen LogP contribution in [0.15, 0.2) is 67.0 Å². The summed E-state index contributed by atoms with van der Waals surface area (Å²) in [7, 11) is 0. The van der Waals surface area contributed by atoms with Crippen LogP contribution in [0, 0.1) is 5.92 Å². The van der Waals surface area contributed by atoms with Gasteiger partial charge < -0.3 is 10.4 Å². The summed E-state index contributed by atoms with van der Waals surface area (Å²) in [6.07, 6.45) is 6.63. The van der Waals surface area contributed by atoms with Gasteiger partial charge in [-0.25, -0.2) is 9.97 Å². The second-order valence-electron chi connectivity index (χ2n) is 8.40. The maximum Gasteiger partial charge on any atom is 0.305 e. The Morgan fingerprint density at radius 1 is 1.03 bits per heavy atom. The Bertz CT molecular complexity index is 1310. The predicted molar refractivity (Wildman–Crippen MR) is 126 cm³/mol. The molecule has 2 N–H and O–H groups in total.